The molecule has 8 saturated carbocycles. The molecule has 19 atom stereocenters. The molecule has 0 spiro atoms. The number of hydrogen-bond donors (Lipinski definition) is 1. The van der Waals surface area contributed by atoms with E-state index in [0.717, 1.165) is 136 Å². The zero-order chi connectivity index (χ0) is 47.4. The molecule has 7 heteroatoms. The lowest BCUT2D eigenvalue weighted by molar-refractivity contribution is -0.153. The first-order valence-corrected chi connectivity index (χ1v) is 30.3. The number of fused-ring (bicyclic) bond motifs is 10. The topological polar surface area (TPSA) is 79.3 Å². The van der Waals surface area contributed by atoms with Crippen molar-refractivity contribution in [3.05, 3.63) is 0 Å². The van der Waals surface area contributed by atoms with Crippen LogP contribution < -0.4 is 0 Å². The van der Waals surface area contributed by atoms with Crippen LogP contribution in [0.5, 0.6) is 0 Å². The Morgan fingerprint density at radius 3 is 2.00 bits per heavy atom. The molecule has 0 aromatic rings. The van der Waals surface area contributed by atoms with E-state index in [0.29, 0.717) is 52.6 Å². The highest BCUT2D eigenvalue weighted by Gasteiger charge is 2.64. The normalized spacial score (nSPS) is 46.8. The molecule has 2 heterocycles. The first-order chi connectivity index (χ1) is 32.8. The lowest BCUT2D eigenvalue weighted by Gasteiger charge is -2.63. The molecular weight excluding hydrogens is 841 g/mol. The van der Waals surface area contributed by atoms with Crippen LogP contribution in [0.1, 0.15) is 221 Å². The molecule has 1 N–H and O–H groups in total. The van der Waals surface area contributed by atoms with E-state index in [9.17, 15) is 14.7 Å². The smallest absolute Gasteiger partial charge is 0.409 e. The van der Waals surface area contributed by atoms with Gasteiger partial charge in [-0.05, 0) is 259 Å². The van der Waals surface area contributed by atoms with Crippen LogP contribution in [0.2, 0.25) is 0 Å². The van der Waals surface area contributed by atoms with Crippen LogP contribution in [0.15, 0.2) is 0 Å². The van der Waals surface area contributed by atoms with Gasteiger partial charge >= 0.3 is 12.2 Å². The molecule has 8 aliphatic carbocycles. The third-order valence-corrected chi connectivity index (χ3v) is 25.1. The zero-order valence-corrected chi connectivity index (χ0v) is 44.7. The summed E-state index contributed by atoms with van der Waals surface area (Å²) in [6.45, 7) is 20.4. The van der Waals surface area contributed by atoms with Crippen LogP contribution in [-0.4, -0.2) is 72.6 Å². The number of aliphatic hydroxyl groups excluding tert-OH is 1. The Kier molecular flexibility index (Phi) is 15.0. The fraction of sp³-hybridized carbons (Fsp3) is 0.967. The predicted octanol–water partition coefficient (Wildman–Crippen LogP) is 15.0. The number of hydrogen-bond acceptors (Lipinski definition) is 5. The van der Waals surface area contributed by atoms with E-state index in [2.05, 4.69) is 41.5 Å². The second kappa shape index (κ2) is 20.4. The molecule has 10 aliphatic rings. The summed E-state index contributed by atoms with van der Waals surface area (Å²) in [7, 11) is 0. The molecule has 2 aliphatic heterocycles. The lowest BCUT2D eigenvalue weighted by Crippen LogP contribution is -2.57. The summed E-state index contributed by atoms with van der Waals surface area (Å²) in [6.07, 6.45) is 35.9. The highest BCUT2D eigenvalue weighted by molar-refractivity contribution is 5.68. The molecule has 68 heavy (non-hydrogen) atoms. The average molecular weight is 943 g/mol. The first kappa shape index (κ1) is 50.1. The maximum Gasteiger partial charge on any atom is 0.409 e. The Balaban J connectivity index is 0.850. The number of aliphatic hydroxyl groups is 1. The fourth-order valence-electron chi connectivity index (χ4n) is 21.7. The summed E-state index contributed by atoms with van der Waals surface area (Å²) in [5.74, 6) is 11.0. The quantitative estimate of drug-likeness (QED) is 0.176. The summed E-state index contributed by atoms with van der Waals surface area (Å²) in [6, 6.07) is 0. The van der Waals surface area contributed by atoms with Gasteiger partial charge in [-0.3, -0.25) is 0 Å². The number of carbonyl (C=O) groups is 2. The SMILES string of the molecule is CCCC1CCN(C(=O)OCC[C@@H](CC[C@H]2CC3C4CCC(CCCOC(=O)N5CCCC5)C4(C)CC[C@@H]3C3(C)CCCCC23)[C@H]2CCC3C4C[C@H](CC)C5C[C@H](O)CCC5(C)[C@H]4CCC32C)C1. The van der Waals surface area contributed by atoms with Gasteiger partial charge in [0.15, 0.2) is 0 Å². The van der Waals surface area contributed by atoms with E-state index in [1.54, 1.807) is 0 Å². The van der Waals surface area contributed by atoms with Crippen molar-refractivity contribution in [3.63, 3.8) is 0 Å². The van der Waals surface area contributed by atoms with Crippen LogP contribution in [0.3, 0.4) is 0 Å². The van der Waals surface area contributed by atoms with Crippen molar-refractivity contribution in [2.24, 2.45) is 105 Å². The Labute approximate surface area is 415 Å². The van der Waals surface area contributed by atoms with Crippen molar-refractivity contribution >= 4 is 12.2 Å². The van der Waals surface area contributed by atoms with E-state index < -0.39 is 0 Å². The molecule has 0 aromatic heterocycles. The highest BCUT2D eigenvalue weighted by Crippen LogP contribution is 2.72. The fourth-order valence-corrected chi connectivity index (χ4v) is 21.7. The maximum atomic E-state index is 13.7. The first-order valence-electron chi connectivity index (χ1n) is 30.3. The molecule has 7 nitrogen and oxygen atoms in total. The molecule has 10 fully saturated rings. The van der Waals surface area contributed by atoms with Gasteiger partial charge in [0.2, 0.25) is 0 Å². The van der Waals surface area contributed by atoms with E-state index in [1.807, 2.05) is 9.80 Å². The minimum atomic E-state index is -0.0884. The van der Waals surface area contributed by atoms with Crippen LogP contribution in [0, 0.1) is 105 Å². The van der Waals surface area contributed by atoms with Crippen LogP contribution >= 0.6 is 0 Å². The minimum absolute atomic E-state index is 0.0406. The van der Waals surface area contributed by atoms with Crippen molar-refractivity contribution in [2.45, 2.75) is 227 Å². The van der Waals surface area contributed by atoms with Crippen LogP contribution in [0.25, 0.3) is 0 Å². The largest absolute Gasteiger partial charge is 0.449 e. The van der Waals surface area contributed by atoms with Gasteiger partial charge < -0.3 is 24.4 Å². The van der Waals surface area contributed by atoms with Gasteiger partial charge in [0.05, 0.1) is 19.3 Å². The highest BCUT2D eigenvalue weighted by atomic mass is 16.6. The van der Waals surface area contributed by atoms with Gasteiger partial charge in [-0.2, -0.15) is 0 Å². The predicted molar refractivity (Wildman–Crippen MR) is 274 cm³/mol. The van der Waals surface area contributed by atoms with Crippen molar-refractivity contribution in [1.29, 1.82) is 0 Å². The summed E-state index contributed by atoms with van der Waals surface area (Å²) < 4.78 is 12.2. The number of ether oxygens (including phenoxy) is 2. The van der Waals surface area contributed by atoms with Gasteiger partial charge in [0.1, 0.15) is 0 Å². The Morgan fingerprint density at radius 2 is 1.24 bits per heavy atom. The number of likely N-dealkylation sites (tertiary alicyclic amines) is 2. The second-order valence-electron chi connectivity index (χ2n) is 27.7. The summed E-state index contributed by atoms with van der Waals surface area (Å²) in [5.41, 5.74) is 1.68. The monoisotopic (exact) mass is 943 g/mol. The number of rotatable bonds is 14. The lowest BCUT2D eigenvalue weighted by atomic mass is 9.42. The van der Waals surface area contributed by atoms with E-state index >= 15 is 0 Å². The van der Waals surface area contributed by atoms with Crippen LogP contribution in [-0.2, 0) is 9.47 Å². The van der Waals surface area contributed by atoms with Crippen molar-refractivity contribution in [1.82, 2.24) is 9.80 Å². The third-order valence-electron chi connectivity index (χ3n) is 25.1. The summed E-state index contributed by atoms with van der Waals surface area (Å²) in [4.78, 5) is 30.3. The van der Waals surface area contributed by atoms with Gasteiger partial charge in [0.25, 0.3) is 0 Å². The standard InChI is InChI=1S/C61H102N2O5/c1-7-14-41-26-34-63(40-41)57(66)68-36-27-43(50-21-22-52-47-37-42(8-2)55-39-46(64)23-29-61(55,6)54(47)25-31-60(50,52)5)17-18-44-38-48-51-20-19-45(15-13-35-67-56(65)62-32-11-12-33-62)58(51,3)30-24-53(48)59(4)28-10-9-16-49(44)59/h41-55,64H,7-40H2,1-6H3/t41?,42-,43+,44-,45?,46+,47?,48?,49?,50+,51?,52?,53-,54-,55?,58?,59?,60?,61?/m0/s1. The second-order valence-corrected chi connectivity index (χ2v) is 27.7. The molecule has 0 aromatic carbocycles. The minimum Gasteiger partial charge on any atom is -0.449 e. The van der Waals surface area contributed by atoms with E-state index in [1.165, 1.54) is 135 Å². The molecule has 10 rings (SSSR count). The van der Waals surface area contributed by atoms with Gasteiger partial charge in [-0.15, -0.1) is 0 Å². The summed E-state index contributed by atoms with van der Waals surface area (Å²) in [5, 5.41) is 10.9. The molecule has 2 saturated heterocycles. The molecule has 386 valence electrons. The van der Waals surface area contributed by atoms with Crippen molar-refractivity contribution < 1.29 is 24.2 Å². The van der Waals surface area contributed by atoms with Crippen molar-refractivity contribution in [3.8, 4) is 0 Å². The average Bonchev–Trinajstić information content (AvgIpc) is 4.16. The molecule has 0 radical (unpaired) electrons. The Hall–Kier alpha value is -1.50. The molecular formula is C61H102N2O5. The molecule has 12 unspecified atom stereocenters. The van der Waals surface area contributed by atoms with Crippen molar-refractivity contribution in [2.75, 3.05) is 39.4 Å². The van der Waals surface area contributed by atoms with E-state index in [-0.39, 0.29) is 18.3 Å². The summed E-state index contributed by atoms with van der Waals surface area (Å²) >= 11 is 0. The van der Waals surface area contributed by atoms with Gasteiger partial charge in [-0.25, -0.2) is 9.59 Å². The maximum absolute atomic E-state index is 13.7. The number of amides is 2. The third kappa shape index (κ3) is 9.05. The number of nitrogens with zero attached hydrogens (tertiary/aromatic N) is 2. The Morgan fingerprint density at radius 1 is 0.574 bits per heavy atom. The van der Waals surface area contributed by atoms with E-state index in [4.69, 9.17) is 9.47 Å². The van der Waals surface area contributed by atoms with Gasteiger partial charge in [-0.1, -0.05) is 67.2 Å². The van der Waals surface area contributed by atoms with Gasteiger partial charge in [0, 0.05) is 26.2 Å². The zero-order valence-electron chi connectivity index (χ0n) is 44.7. The molecule has 2 amide bonds. The molecule has 0 bridgehead atoms. The van der Waals surface area contributed by atoms with Crippen LogP contribution in [0.4, 0.5) is 9.59 Å². The Bertz CT molecular complexity index is 1730. The number of carbonyl (C=O) groups excluding carboxylic acids is 2.